The van der Waals surface area contributed by atoms with Gasteiger partial charge < -0.3 is 15.4 Å². The van der Waals surface area contributed by atoms with E-state index in [-0.39, 0.29) is 42.2 Å². The fraction of sp³-hybridized carbons (Fsp3) is 0.652. The minimum atomic E-state index is -0.354. The average Bonchev–Trinajstić information content (AvgIpc) is 2.98. The molecule has 2 aliphatic rings. The lowest BCUT2D eigenvalue weighted by molar-refractivity contribution is -0.141. The Morgan fingerprint density at radius 3 is 2.24 bits per heavy atom. The van der Waals surface area contributed by atoms with Gasteiger partial charge in [0.15, 0.2) is 0 Å². The normalized spacial score (nSPS) is 24.3. The molecule has 162 valence electrons. The van der Waals surface area contributed by atoms with E-state index in [0.717, 1.165) is 18.4 Å². The molecule has 2 aliphatic heterocycles. The molecule has 2 bridgehead atoms. The van der Waals surface area contributed by atoms with E-state index in [0.29, 0.717) is 24.4 Å². The number of carbonyl (C=O) groups excluding carboxylic acids is 2. The predicted molar refractivity (Wildman–Crippen MR) is 117 cm³/mol. The standard InChI is InChI=1S/C23H34N2O3.ClH/c1-23(2,3)17-7-5-16(6-8-17)20(14-22(27)28-4)25-21(26)13-15-11-18-9-10-19(12-15)24-18;/h5-8,15,18-20,24H,9-14H2,1-4H3,(H,25,26);1H. The Balaban J connectivity index is 0.00000300. The summed E-state index contributed by atoms with van der Waals surface area (Å²) in [5.74, 6) is 0.144. The quantitative estimate of drug-likeness (QED) is 0.678. The number of halogens is 1. The topological polar surface area (TPSA) is 67.4 Å². The lowest BCUT2D eigenvalue weighted by Crippen LogP contribution is -2.40. The summed E-state index contributed by atoms with van der Waals surface area (Å²) >= 11 is 0. The molecule has 0 radical (unpaired) electrons. The number of fused-ring (bicyclic) bond motifs is 2. The molecular weight excluding hydrogens is 388 g/mol. The summed E-state index contributed by atoms with van der Waals surface area (Å²) in [4.78, 5) is 24.6. The molecule has 0 spiro atoms. The van der Waals surface area contributed by atoms with Crippen molar-refractivity contribution in [2.24, 2.45) is 5.92 Å². The number of carbonyl (C=O) groups is 2. The zero-order valence-electron chi connectivity index (χ0n) is 18.0. The van der Waals surface area contributed by atoms with Crippen LogP contribution in [-0.4, -0.2) is 31.1 Å². The summed E-state index contributed by atoms with van der Waals surface area (Å²) in [7, 11) is 1.38. The SMILES string of the molecule is COC(=O)CC(NC(=O)CC1CC2CCC(C1)N2)c1ccc(C(C)(C)C)cc1.Cl. The second-order valence-corrected chi connectivity index (χ2v) is 9.45. The van der Waals surface area contributed by atoms with Gasteiger partial charge in [-0.3, -0.25) is 9.59 Å². The van der Waals surface area contributed by atoms with Crippen molar-refractivity contribution in [3.63, 3.8) is 0 Å². The van der Waals surface area contributed by atoms with E-state index in [1.54, 1.807) is 0 Å². The molecule has 5 nitrogen and oxygen atoms in total. The average molecular weight is 423 g/mol. The molecule has 0 aliphatic carbocycles. The summed E-state index contributed by atoms with van der Waals surface area (Å²) < 4.78 is 4.85. The van der Waals surface area contributed by atoms with E-state index in [4.69, 9.17) is 4.74 Å². The highest BCUT2D eigenvalue weighted by Crippen LogP contribution is 2.33. The van der Waals surface area contributed by atoms with E-state index in [9.17, 15) is 9.59 Å². The van der Waals surface area contributed by atoms with E-state index < -0.39 is 0 Å². The summed E-state index contributed by atoms with van der Waals surface area (Å²) in [5.41, 5.74) is 2.23. The fourth-order valence-corrected chi connectivity index (χ4v) is 4.57. The van der Waals surface area contributed by atoms with Crippen molar-refractivity contribution >= 4 is 24.3 Å². The highest BCUT2D eigenvalue weighted by atomic mass is 35.5. The number of ether oxygens (including phenoxy) is 1. The Morgan fingerprint density at radius 2 is 1.72 bits per heavy atom. The van der Waals surface area contributed by atoms with Crippen molar-refractivity contribution in [1.29, 1.82) is 0 Å². The van der Waals surface area contributed by atoms with E-state index in [1.165, 1.54) is 25.5 Å². The van der Waals surface area contributed by atoms with E-state index in [2.05, 4.69) is 43.5 Å². The van der Waals surface area contributed by atoms with Crippen LogP contribution in [0, 0.1) is 5.92 Å². The third-order valence-corrected chi connectivity index (χ3v) is 6.16. The fourth-order valence-electron chi connectivity index (χ4n) is 4.57. The van der Waals surface area contributed by atoms with Crippen LogP contribution in [0.15, 0.2) is 24.3 Å². The predicted octanol–water partition coefficient (Wildman–Crippen LogP) is 4.05. The van der Waals surface area contributed by atoms with Crippen LogP contribution in [0.1, 0.15) is 76.5 Å². The molecule has 0 aromatic heterocycles. The third kappa shape index (κ3) is 6.45. The van der Waals surface area contributed by atoms with Gasteiger partial charge in [-0.25, -0.2) is 0 Å². The Kier molecular flexibility index (Phi) is 8.12. The zero-order valence-corrected chi connectivity index (χ0v) is 18.8. The molecule has 0 saturated carbocycles. The van der Waals surface area contributed by atoms with Gasteiger partial charge in [0.2, 0.25) is 5.91 Å². The van der Waals surface area contributed by atoms with Gasteiger partial charge in [-0.2, -0.15) is 0 Å². The molecule has 3 rings (SSSR count). The van der Waals surface area contributed by atoms with Crippen molar-refractivity contribution in [3.8, 4) is 0 Å². The molecule has 2 saturated heterocycles. The van der Waals surface area contributed by atoms with Crippen LogP contribution in [-0.2, 0) is 19.7 Å². The van der Waals surface area contributed by atoms with Crippen LogP contribution in [0.25, 0.3) is 0 Å². The molecule has 2 N–H and O–H groups in total. The van der Waals surface area contributed by atoms with Crippen molar-refractivity contribution in [1.82, 2.24) is 10.6 Å². The van der Waals surface area contributed by atoms with Gasteiger partial charge in [0.05, 0.1) is 19.6 Å². The first kappa shape index (κ1) is 23.7. The summed E-state index contributed by atoms with van der Waals surface area (Å²) in [6, 6.07) is 8.98. The van der Waals surface area contributed by atoms with Gasteiger partial charge in [-0.1, -0.05) is 45.0 Å². The van der Waals surface area contributed by atoms with Gasteiger partial charge in [0.1, 0.15) is 0 Å². The second-order valence-electron chi connectivity index (χ2n) is 9.45. The molecule has 3 atom stereocenters. The summed E-state index contributed by atoms with van der Waals surface area (Å²) in [5, 5.41) is 6.71. The monoisotopic (exact) mass is 422 g/mol. The first-order chi connectivity index (χ1) is 13.2. The van der Waals surface area contributed by atoms with Crippen LogP contribution < -0.4 is 10.6 Å². The second kappa shape index (κ2) is 9.94. The summed E-state index contributed by atoms with van der Waals surface area (Å²) in [6.07, 6.45) is 5.29. The van der Waals surface area contributed by atoms with Crippen LogP contribution in [0.4, 0.5) is 0 Å². The molecule has 29 heavy (non-hydrogen) atoms. The minimum Gasteiger partial charge on any atom is -0.469 e. The first-order valence-electron chi connectivity index (χ1n) is 10.5. The molecule has 6 heteroatoms. The molecule has 2 heterocycles. The summed E-state index contributed by atoms with van der Waals surface area (Å²) in [6.45, 7) is 6.51. The number of nitrogens with one attached hydrogen (secondary N) is 2. The number of hydrogen-bond donors (Lipinski definition) is 2. The molecule has 2 fully saturated rings. The number of piperidine rings is 1. The van der Waals surface area contributed by atoms with Crippen LogP contribution >= 0.6 is 12.4 Å². The Labute approximate surface area is 180 Å². The largest absolute Gasteiger partial charge is 0.469 e. The molecule has 3 unspecified atom stereocenters. The maximum absolute atomic E-state index is 12.7. The van der Waals surface area contributed by atoms with Crippen molar-refractivity contribution in [3.05, 3.63) is 35.4 Å². The highest BCUT2D eigenvalue weighted by molar-refractivity contribution is 5.85. The Morgan fingerprint density at radius 1 is 1.14 bits per heavy atom. The number of methoxy groups -OCH3 is 1. The zero-order chi connectivity index (χ0) is 20.3. The molecule has 1 aromatic carbocycles. The smallest absolute Gasteiger partial charge is 0.307 e. The lowest BCUT2D eigenvalue weighted by atomic mass is 9.86. The Bertz CT molecular complexity index is 687. The first-order valence-corrected chi connectivity index (χ1v) is 10.5. The van der Waals surface area contributed by atoms with Crippen molar-refractivity contribution in [2.45, 2.75) is 82.8 Å². The number of hydrogen-bond acceptors (Lipinski definition) is 4. The van der Waals surface area contributed by atoms with Crippen LogP contribution in [0.3, 0.4) is 0 Å². The third-order valence-electron chi connectivity index (χ3n) is 6.16. The minimum absolute atomic E-state index is 0. The van der Waals surface area contributed by atoms with Crippen LogP contribution in [0.2, 0.25) is 0 Å². The van der Waals surface area contributed by atoms with Gasteiger partial charge >= 0.3 is 5.97 Å². The number of esters is 1. The Hall–Kier alpha value is -1.59. The van der Waals surface area contributed by atoms with Gasteiger partial charge in [0.25, 0.3) is 0 Å². The van der Waals surface area contributed by atoms with Gasteiger partial charge in [-0.05, 0) is 48.1 Å². The van der Waals surface area contributed by atoms with Crippen molar-refractivity contribution in [2.75, 3.05) is 7.11 Å². The lowest BCUT2D eigenvalue weighted by Gasteiger charge is -2.29. The van der Waals surface area contributed by atoms with Crippen LogP contribution in [0.5, 0.6) is 0 Å². The highest BCUT2D eigenvalue weighted by Gasteiger charge is 2.34. The van der Waals surface area contributed by atoms with E-state index >= 15 is 0 Å². The number of amides is 1. The van der Waals surface area contributed by atoms with Gasteiger partial charge in [-0.15, -0.1) is 12.4 Å². The van der Waals surface area contributed by atoms with E-state index in [1.807, 2.05) is 12.1 Å². The molecule has 1 aromatic rings. The maximum atomic E-state index is 12.7. The molecular formula is C23H35ClN2O3. The molecule has 1 amide bonds. The van der Waals surface area contributed by atoms with Crippen molar-refractivity contribution < 1.29 is 14.3 Å². The number of rotatable bonds is 6. The maximum Gasteiger partial charge on any atom is 0.307 e. The number of benzene rings is 1. The van der Waals surface area contributed by atoms with Gasteiger partial charge in [0, 0.05) is 18.5 Å².